The molecule has 0 spiro atoms. The molecule has 4 heteroatoms. The van der Waals surface area contributed by atoms with Gasteiger partial charge in [-0.2, -0.15) is 0 Å². The van der Waals surface area contributed by atoms with Crippen LogP contribution in [0, 0.1) is 6.92 Å². The zero-order chi connectivity index (χ0) is 13.0. The predicted molar refractivity (Wildman–Crippen MR) is 75.3 cm³/mol. The van der Waals surface area contributed by atoms with Crippen molar-refractivity contribution in [3.8, 4) is 0 Å². The highest BCUT2D eigenvalue weighted by Crippen LogP contribution is 2.20. The van der Waals surface area contributed by atoms with E-state index in [4.69, 9.17) is 4.42 Å². The van der Waals surface area contributed by atoms with Gasteiger partial charge in [-0.15, -0.1) is 0 Å². The Morgan fingerprint density at radius 3 is 2.89 bits per heavy atom. The normalized spacial score (nSPS) is 10.8. The van der Waals surface area contributed by atoms with Gasteiger partial charge in [0, 0.05) is 16.2 Å². The number of rotatable bonds is 3. The van der Waals surface area contributed by atoms with Crippen molar-refractivity contribution in [1.82, 2.24) is 0 Å². The summed E-state index contributed by atoms with van der Waals surface area (Å²) in [5.74, 6) is 0.467. The van der Waals surface area contributed by atoms with Crippen molar-refractivity contribution in [2.24, 2.45) is 0 Å². The van der Waals surface area contributed by atoms with Crippen LogP contribution < -0.4 is 5.32 Å². The average Bonchev–Trinajstić information content (AvgIpc) is 2.83. The molecule has 0 fully saturated rings. The second-order valence-electron chi connectivity index (χ2n) is 3.80. The molecule has 1 amide bonds. The van der Waals surface area contributed by atoms with Crippen LogP contribution in [0.1, 0.15) is 11.3 Å². The first-order valence-electron chi connectivity index (χ1n) is 5.44. The van der Waals surface area contributed by atoms with Gasteiger partial charge < -0.3 is 9.73 Å². The highest BCUT2D eigenvalue weighted by molar-refractivity contribution is 9.10. The molecule has 3 nitrogen and oxygen atoms in total. The molecule has 18 heavy (non-hydrogen) atoms. The summed E-state index contributed by atoms with van der Waals surface area (Å²) in [6.07, 6.45) is 4.64. The Morgan fingerprint density at radius 1 is 1.39 bits per heavy atom. The Labute approximate surface area is 114 Å². The molecule has 0 aliphatic heterocycles. The molecule has 1 N–H and O–H groups in total. The molecular formula is C14H12BrNO2. The number of amides is 1. The Morgan fingerprint density at radius 2 is 2.22 bits per heavy atom. The number of carbonyl (C=O) groups is 1. The second-order valence-corrected chi connectivity index (χ2v) is 4.71. The van der Waals surface area contributed by atoms with Crippen LogP contribution in [0.3, 0.4) is 0 Å². The topological polar surface area (TPSA) is 42.2 Å². The Bertz CT molecular complexity index is 573. The van der Waals surface area contributed by atoms with Crippen LogP contribution in [0.5, 0.6) is 0 Å². The maximum absolute atomic E-state index is 11.7. The maximum atomic E-state index is 11.7. The molecule has 1 aromatic carbocycles. The lowest BCUT2D eigenvalue weighted by atomic mass is 10.2. The van der Waals surface area contributed by atoms with Gasteiger partial charge in [0.1, 0.15) is 5.76 Å². The monoisotopic (exact) mass is 305 g/mol. The highest BCUT2D eigenvalue weighted by Gasteiger charge is 2.02. The number of benzene rings is 1. The van der Waals surface area contributed by atoms with Gasteiger partial charge in [-0.25, -0.2) is 0 Å². The number of aryl methyl sites for hydroxylation is 1. The number of nitrogens with one attached hydrogen (secondary N) is 1. The largest absolute Gasteiger partial charge is 0.465 e. The van der Waals surface area contributed by atoms with E-state index in [1.165, 1.54) is 6.08 Å². The summed E-state index contributed by atoms with van der Waals surface area (Å²) in [5, 5.41) is 2.81. The lowest BCUT2D eigenvalue weighted by Crippen LogP contribution is -2.08. The first-order chi connectivity index (χ1) is 8.65. The summed E-state index contributed by atoms with van der Waals surface area (Å²) in [4.78, 5) is 11.7. The molecule has 0 saturated carbocycles. The van der Waals surface area contributed by atoms with Crippen LogP contribution in [0.15, 0.2) is 51.6 Å². The summed E-state index contributed by atoms with van der Waals surface area (Å²) in [5.41, 5.74) is 1.80. The fraction of sp³-hybridized carbons (Fsp3) is 0.0714. The Balaban J connectivity index is 2.03. The molecule has 1 heterocycles. The lowest BCUT2D eigenvalue weighted by molar-refractivity contribution is -0.111. The van der Waals surface area contributed by atoms with E-state index in [-0.39, 0.29) is 5.91 Å². The molecule has 0 atom stereocenters. The molecular weight excluding hydrogens is 294 g/mol. The van der Waals surface area contributed by atoms with E-state index in [1.807, 2.05) is 25.1 Å². The van der Waals surface area contributed by atoms with Crippen LogP contribution in [-0.4, -0.2) is 5.91 Å². The first-order valence-corrected chi connectivity index (χ1v) is 6.23. The smallest absolute Gasteiger partial charge is 0.248 e. The van der Waals surface area contributed by atoms with E-state index in [0.717, 1.165) is 15.7 Å². The minimum atomic E-state index is -0.183. The third kappa shape index (κ3) is 3.34. The molecule has 0 unspecified atom stereocenters. The quantitative estimate of drug-likeness (QED) is 0.871. The SMILES string of the molecule is Cc1cc(Br)ccc1NC(=O)C=Cc1ccco1. The molecule has 1 aromatic heterocycles. The van der Waals surface area contributed by atoms with Crippen LogP contribution >= 0.6 is 15.9 Å². The minimum Gasteiger partial charge on any atom is -0.465 e. The molecule has 92 valence electrons. The van der Waals surface area contributed by atoms with Crippen molar-refractivity contribution in [2.45, 2.75) is 6.92 Å². The lowest BCUT2D eigenvalue weighted by Gasteiger charge is -2.06. The second kappa shape index (κ2) is 5.69. The first kappa shape index (κ1) is 12.6. The number of carbonyl (C=O) groups excluding carboxylic acids is 1. The van der Waals surface area contributed by atoms with E-state index in [2.05, 4.69) is 21.2 Å². The number of halogens is 1. The highest BCUT2D eigenvalue weighted by atomic mass is 79.9. The van der Waals surface area contributed by atoms with Gasteiger partial charge in [0.25, 0.3) is 0 Å². The van der Waals surface area contributed by atoms with E-state index in [9.17, 15) is 4.79 Å². The van der Waals surface area contributed by atoms with Crippen LogP contribution in [0.2, 0.25) is 0 Å². The average molecular weight is 306 g/mol. The van der Waals surface area contributed by atoms with Crippen molar-refractivity contribution >= 4 is 33.6 Å². The number of hydrogen-bond donors (Lipinski definition) is 1. The van der Waals surface area contributed by atoms with E-state index >= 15 is 0 Å². The number of furan rings is 1. The van der Waals surface area contributed by atoms with Gasteiger partial charge in [-0.3, -0.25) is 4.79 Å². The molecule has 2 aromatic rings. The molecule has 0 radical (unpaired) electrons. The zero-order valence-corrected chi connectivity index (χ0v) is 11.4. The Kier molecular flexibility index (Phi) is 3.99. The van der Waals surface area contributed by atoms with Crippen molar-refractivity contribution in [3.05, 3.63) is 58.5 Å². The molecule has 0 saturated heterocycles. The van der Waals surface area contributed by atoms with Gasteiger partial charge in [0.15, 0.2) is 0 Å². The zero-order valence-electron chi connectivity index (χ0n) is 9.81. The summed E-state index contributed by atoms with van der Waals surface area (Å²) in [6, 6.07) is 9.26. The summed E-state index contributed by atoms with van der Waals surface area (Å²) in [7, 11) is 0. The standard InChI is InChI=1S/C14H12BrNO2/c1-10-9-11(15)4-6-13(10)16-14(17)7-5-12-3-2-8-18-12/h2-9H,1H3,(H,16,17). The van der Waals surface area contributed by atoms with Gasteiger partial charge in [-0.1, -0.05) is 15.9 Å². The number of hydrogen-bond acceptors (Lipinski definition) is 2. The molecule has 0 aliphatic carbocycles. The predicted octanol–water partition coefficient (Wildman–Crippen LogP) is 4.00. The molecule has 0 aliphatic rings. The van der Waals surface area contributed by atoms with Gasteiger partial charge in [0.05, 0.1) is 6.26 Å². The fourth-order valence-electron chi connectivity index (χ4n) is 1.49. The third-order valence-corrected chi connectivity index (χ3v) is 2.88. The van der Waals surface area contributed by atoms with Gasteiger partial charge >= 0.3 is 0 Å². The van der Waals surface area contributed by atoms with Crippen molar-refractivity contribution in [2.75, 3.05) is 5.32 Å². The van der Waals surface area contributed by atoms with Crippen molar-refractivity contribution < 1.29 is 9.21 Å². The molecule has 2 rings (SSSR count). The maximum Gasteiger partial charge on any atom is 0.248 e. The van der Waals surface area contributed by atoms with Gasteiger partial charge in [-0.05, 0) is 48.9 Å². The van der Waals surface area contributed by atoms with Gasteiger partial charge in [0.2, 0.25) is 5.91 Å². The molecule has 0 bridgehead atoms. The number of anilines is 1. The van der Waals surface area contributed by atoms with Crippen LogP contribution in [0.4, 0.5) is 5.69 Å². The van der Waals surface area contributed by atoms with E-state index in [1.54, 1.807) is 24.5 Å². The van der Waals surface area contributed by atoms with Crippen LogP contribution in [-0.2, 0) is 4.79 Å². The van der Waals surface area contributed by atoms with Crippen molar-refractivity contribution in [3.63, 3.8) is 0 Å². The van der Waals surface area contributed by atoms with Crippen molar-refractivity contribution in [1.29, 1.82) is 0 Å². The van der Waals surface area contributed by atoms with E-state index < -0.39 is 0 Å². The third-order valence-electron chi connectivity index (χ3n) is 2.39. The summed E-state index contributed by atoms with van der Waals surface area (Å²) in [6.45, 7) is 1.94. The Hall–Kier alpha value is -1.81. The summed E-state index contributed by atoms with van der Waals surface area (Å²) < 4.78 is 6.09. The van der Waals surface area contributed by atoms with E-state index in [0.29, 0.717) is 5.76 Å². The van der Waals surface area contributed by atoms with Crippen LogP contribution in [0.25, 0.3) is 6.08 Å². The minimum absolute atomic E-state index is 0.183. The summed E-state index contributed by atoms with van der Waals surface area (Å²) >= 11 is 3.38. The fourth-order valence-corrected chi connectivity index (χ4v) is 1.96.